The molecule has 0 bridgehead atoms. The van der Waals surface area contributed by atoms with E-state index in [9.17, 15) is 9.90 Å². The lowest BCUT2D eigenvalue weighted by molar-refractivity contribution is -0.129. The van der Waals surface area contributed by atoms with Crippen molar-refractivity contribution in [3.63, 3.8) is 0 Å². The fourth-order valence-electron chi connectivity index (χ4n) is 0.967. The summed E-state index contributed by atoms with van der Waals surface area (Å²) in [5.74, 6) is -0.244. The van der Waals surface area contributed by atoms with E-state index >= 15 is 0 Å². The maximum atomic E-state index is 11.1. The lowest BCUT2D eigenvalue weighted by Gasteiger charge is -2.09. The van der Waals surface area contributed by atoms with Crippen LogP contribution in [0.25, 0.3) is 0 Å². The van der Waals surface area contributed by atoms with E-state index in [-0.39, 0.29) is 5.91 Å². The molecule has 1 rings (SSSR count). The molecular formula is C8H16N2O2. The molecule has 1 atom stereocenters. The average Bonchev–Trinajstić information content (AvgIpc) is 2.83. The summed E-state index contributed by atoms with van der Waals surface area (Å²) in [6, 6.07) is 0.324. The molecule has 1 aliphatic rings. The molecule has 0 spiro atoms. The lowest BCUT2D eigenvalue weighted by atomic mass is 10.2. The van der Waals surface area contributed by atoms with Crippen LogP contribution in [0.4, 0.5) is 0 Å². The molecule has 0 aromatic rings. The molecule has 4 heteroatoms. The van der Waals surface area contributed by atoms with Gasteiger partial charge in [-0.25, -0.2) is 0 Å². The zero-order chi connectivity index (χ0) is 8.97. The Morgan fingerprint density at radius 2 is 2.33 bits per heavy atom. The highest BCUT2D eigenvalue weighted by Crippen LogP contribution is 2.18. The van der Waals surface area contributed by atoms with E-state index < -0.39 is 6.10 Å². The lowest BCUT2D eigenvalue weighted by Crippen LogP contribution is -2.36. The Labute approximate surface area is 72.1 Å². The van der Waals surface area contributed by atoms with Gasteiger partial charge in [0.1, 0.15) is 6.10 Å². The minimum Gasteiger partial charge on any atom is -0.383 e. The topological polar surface area (TPSA) is 75.3 Å². The second kappa shape index (κ2) is 4.42. The summed E-state index contributed by atoms with van der Waals surface area (Å²) in [4.78, 5) is 11.1. The van der Waals surface area contributed by atoms with E-state index in [2.05, 4.69) is 5.32 Å². The van der Waals surface area contributed by atoms with Crippen LogP contribution < -0.4 is 11.1 Å². The molecule has 4 N–H and O–H groups in total. The summed E-state index contributed by atoms with van der Waals surface area (Å²) >= 11 is 0. The average molecular weight is 172 g/mol. The van der Waals surface area contributed by atoms with Crippen LogP contribution in [-0.2, 0) is 4.79 Å². The van der Waals surface area contributed by atoms with Gasteiger partial charge in [-0.2, -0.15) is 0 Å². The molecule has 1 amide bonds. The molecular weight excluding hydrogens is 156 g/mol. The van der Waals surface area contributed by atoms with Crippen molar-refractivity contribution >= 4 is 5.91 Å². The minimum absolute atomic E-state index is 0.244. The molecule has 4 nitrogen and oxygen atoms in total. The predicted molar refractivity (Wildman–Crippen MR) is 45.5 cm³/mol. The molecule has 0 radical (unpaired) electrons. The molecule has 1 aliphatic carbocycles. The number of rotatable bonds is 5. The Kier molecular flexibility index (Phi) is 3.49. The number of carbonyl (C=O) groups excluding carboxylic acids is 1. The summed E-state index contributed by atoms with van der Waals surface area (Å²) in [6.07, 6.45) is 2.40. The van der Waals surface area contributed by atoms with Gasteiger partial charge >= 0.3 is 0 Å². The number of aliphatic hydroxyl groups excluding tert-OH is 1. The Morgan fingerprint density at radius 1 is 1.67 bits per heavy atom. The molecule has 12 heavy (non-hydrogen) atoms. The number of hydrogen-bond acceptors (Lipinski definition) is 3. The monoisotopic (exact) mass is 172 g/mol. The van der Waals surface area contributed by atoms with Crippen molar-refractivity contribution in [1.29, 1.82) is 0 Å². The van der Waals surface area contributed by atoms with Crippen LogP contribution in [0.1, 0.15) is 25.7 Å². The van der Waals surface area contributed by atoms with E-state index in [1.165, 1.54) is 0 Å². The zero-order valence-corrected chi connectivity index (χ0v) is 7.12. The molecule has 0 aliphatic heterocycles. The van der Waals surface area contributed by atoms with Crippen molar-refractivity contribution in [3.05, 3.63) is 0 Å². The third-order valence-electron chi connectivity index (χ3n) is 1.91. The summed E-state index contributed by atoms with van der Waals surface area (Å²) in [5, 5.41) is 12.0. The number of nitrogens with two attached hydrogens (primary N) is 1. The van der Waals surface area contributed by atoms with Crippen LogP contribution in [0.5, 0.6) is 0 Å². The SMILES string of the molecule is NCCCC(O)C(=O)NC1CC1. The summed E-state index contributed by atoms with van der Waals surface area (Å²) in [5.41, 5.74) is 5.25. The Balaban J connectivity index is 2.11. The quantitative estimate of drug-likeness (QED) is 0.516. The van der Waals surface area contributed by atoms with Crippen LogP contribution in [-0.4, -0.2) is 29.7 Å². The van der Waals surface area contributed by atoms with Crippen molar-refractivity contribution in [1.82, 2.24) is 5.32 Å². The first kappa shape index (κ1) is 9.48. The van der Waals surface area contributed by atoms with Gasteiger partial charge in [0.2, 0.25) is 5.91 Å². The Bertz CT molecular complexity index is 157. The fraction of sp³-hybridized carbons (Fsp3) is 0.875. The fourth-order valence-corrected chi connectivity index (χ4v) is 0.967. The first-order valence-electron chi connectivity index (χ1n) is 4.42. The van der Waals surface area contributed by atoms with Gasteiger partial charge in [0, 0.05) is 6.04 Å². The van der Waals surface area contributed by atoms with E-state index in [1.807, 2.05) is 0 Å². The van der Waals surface area contributed by atoms with Crippen LogP contribution in [0, 0.1) is 0 Å². The van der Waals surface area contributed by atoms with Crippen LogP contribution >= 0.6 is 0 Å². The first-order valence-corrected chi connectivity index (χ1v) is 4.42. The normalized spacial score (nSPS) is 18.8. The second-order valence-electron chi connectivity index (χ2n) is 3.23. The predicted octanol–water partition coefficient (Wildman–Crippen LogP) is -0.635. The molecule has 0 heterocycles. The molecule has 1 fully saturated rings. The number of nitrogens with one attached hydrogen (secondary N) is 1. The van der Waals surface area contributed by atoms with Crippen molar-refractivity contribution in [3.8, 4) is 0 Å². The molecule has 0 aromatic carbocycles. The maximum Gasteiger partial charge on any atom is 0.249 e. The van der Waals surface area contributed by atoms with Crippen LogP contribution in [0.3, 0.4) is 0 Å². The third kappa shape index (κ3) is 3.19. The third-order valence-corrected chi connectivity index (χ3v) is 1.91. The molecule has 70 valence electrons. The maximum absolute atomic E-state index is 11.1. The van der Waals surface area contributed by atoms with E-state index in [0.29, 0.717) is 25.4 Å². The van der Waals surface area contributed by atoms with E-state index in [4.69, 9.17) is 5.73 Å². The Hall–Kier alpha value is -0.610. The smallest absolute Gasteiger partial charge is 0.249 e. The van der Waals surface area contributed by atoms with Crippen LogP contribution in [0.15, 0.2) is 0 Å². The number of hydrogen-bond donors (Lipinski definition) is 3. The molecule has 0 saturated heterocycles. The summed E-state index contributed by atoms with van der Waals surface area (Å²) in [6.45, 7) is 0.522. The minimum atomic E-state index is -0.867. The van der Waals surface area contributed by atoms with E-state index in [0.717, 1.165) is 12.8 Å². The van der Waals surface area contributed by atoms with Gasteiger partial charge in [-0.05, 0) is 32.2 Å². The number of aliphatic hydroxyl groups is 1. The largest absolute Gasteiger partial charge is 0.383 e. The van der Waals surface area contributed by atoms with Gasteiger partial charge in [-0.3, -0.25) is 4.79 Å². The summed E-state index contributed by atoms with van der Waals surface area (Å²) < 4.78 is 0. The zero-order valence-electron chi connectivity index (χ0n) is 7.12. The molecule has 1 unspecified atom stereocenters. The van der Waals surface area contributed by atoms with Gasteiger partial charge < -0.3 is 16.2 Å². The van der Waals surface area contributed by atoms with Crippen LogP contribution in [0.2, 0.25) is 0 Å². The van der Waals surface area contributed by atoms with Gasteiger partial charge in [0.25, 0.3) is 0 Å². The highest BCUT2D eigenvalue weighted by atomic mass is 16.3. The molecule has 0 aromatic heterocycles. The van der Waals surface area contributed by atoms with Gasteiger partial charge in [-0.15, -0.1) is 0 Å². The van der Waals surface area contributed by atoms with Gasteiger partial charge in [0.15, 0.2) is 0 Å². The van der Waals surface area contributed by atoms with Crippen molar-refractivity contribution in [2.24, 2.45) is 5.73 Å². The van der Waals surface area contributed by atoms with Gasteiger partial charge in [0.05, 0.1) is 0 Å². The Morgan fingerprint density at radius 3 is 2.83 bits per heavy atom. The first-order chi connectivity index (χ1) is 5.74. The summed E-state index contributed by atoms with van der Waals surface area (Å²) in [7, 11) is 0. The van der Waals surface area contributed by atoms with Crippen molar-refractivity contribution in [2.45, 2.75) is 37.8 Å². The van der Waals surface area contributed by atoms with Crippen molar-refractivity contribution in [2.75, 3.05) is 6.54 Å². The highest BCUT2D eigenvalue weighted by Gasteiger charge is 2.25. The highest BCUT2D eigenvalue weighted by molar-refractivity contribution is 5.80. The number of amides is 1. The molecule has 1 saturated carbocycles. The second-order valence-corrected chi connectivity index (χ2v) is 3.23. The standard InChI is InChI=1S/C8H16N2O2/c9-5-1-2-7(11)8(12)10-6-3-4-6/h6-7,11H,1-5,9H2,(H,10,12). The number of carbonyl (C=O) groups is 1. The van der Waals surface area contributed by atoms with Crippen molar-refractivity contribution < 1.29 is 9.90 Å². The van der Waals surface area contributed by atoms with E-state index in [1.54, 1.807) is 0 Å². The van der Waals surface area contributed by atoms with Gasteiger partial charge in [-0.1, -0.05) is 0 Å².